The summed E-state index contributed by atoms with van der Waals surface area (Å²) in [5.41, 5.74) is 1.62. The fourth-order valence-electron chi connectivity index (χ4n) is 3.19. The van der Waals surface area contributed by atoms with E-state index in [1.54, 1.807) is 60.7 Å². The number of ketones is 1. The fourth-order valence-corrected chi connectivity index (χ4v) is 3.77. The second-order valence-corrected chi connectivity index (χ2v) is 8.91. The van der Waals surface area contributed by atoms with Crippen LogP contribution in [0.2, 0.25) is 0 Å². The highest BCUT2D eigenvalue weighted by molar-refractivity contribution is 14.1. The minimum absolute atomic E-state index is 0.0499. The second kappa shape index (κ2) is 9.78. The first-order valence-electron chi connectivity index (χ1n) is 9.99. The topological polar surface area (TPSA) is 92.8 Å². The fraction of sp³-hybridized carbons (Fsp3) is 0.0400. The van der Waals surface area contributed by atoms with E-state index in [4.69, 9.17) is 16.3 Å². The largest absolute Gasteiger partial charge is 0.423 e. The number of imide groups is 1. The number of amides is 2. The van der Waals surface area contributed by atoms with Gasteiger partial charge in [0.15, 0.2) is 5.78 Å². The average molecular weight is 587 g/mol. The molecule has 4 rings (SSSR count). The van der Waals surface area contributed by atoms with E-state index in [1.807, 2.05) is 0 Å². The summed E-state index contributed by atoms with van der Waals surface area (Å²) in [5.74, 6) is -1.56. The molecular weight excluding hydrogens is 571 g/mol. The number of nitrogens with zero attached hydrogens (tertiary/aromatic N) is 1. The van der Waals surface area contributed by atoms with Gasteiger partial charge >= 0.3 is 5.97 Å². The van der Waals surface area contributed by atoms with Gasteiger partial charge in [0.1, 0.15) is 16.5 Å². The molecule has 3 aromatic carbocycles. The van der Waals surface area contributed by atoms with E-state index < -0.39 is 17.8 Å². The molecule has 2 amide bonds. The molecule has 3 aromatic rings. The van der Waals surface area contributed by atoms with Gasteiger partial charge in [-0.15, -0.1) is 0 Å². The van der Waals surface area contributed by atoms with Crippen LogP contribution >= 0.6 is 34.2 Å². The van der Waals surface area contributed by atoms with E-state index in [0.717, 1.165) is 8.47 Å². The maximum Gasteiger partial charge on any atom is 0.343 e. The van der Waals surface area contributed by atoms with E-state index >= 15 is 0 Å². The molecule has 1 N–H and O–H groups in total. The lowest BCUT2D eigenvalue weighted by Crippen LogP contribution is -2.32. The van der Waals surface area contributed by atoms with Gasteiger partial charge < -0.3 is 10.1 Å². The number of Topliss-reactive ketones (excluding diaryl/α,β-unsaturated/α-hetero) is 1. The molecule has 0 bridgehead atoms. The highest BCUT2D eigenvalue weighted by Crippen LogP contribution is 2.30. The van der Waals surface area contributed by atoms with Crippen molar-refractivity contribution in [3.05, 3.63) is 98.2 Å². The normalized spacial score (nSPS) is 13.3. The molecule has 0 saturated carbocycles. The Hall–Kier alpha value is -3.50. The average Bonchev–Trinajstić information content (AvgIpc) is 3.03. The molecule has 1 aliphatic heterocycles. The van der Waals surface area contributed by atoms with Crippen LogP contribution < -0.4 is 15.0 Å². The summed E-state index contributed by atoms with van der Waals surface area (Å²) in [6.07, 6.45) is 0. The Morgan fingerprint density at radius 2 is 1.44 bits per heavy atom. The summed E-state index contributed by atoms with van der Waals surface area (Å²) in [4.78, 5) is 50.2. The van der Waals surface area contributed by atoms with Crippen molar-refractivity contribution < 1.29 is 23.9 Å². The first-order chi connectivity index (χ1) is 16.2. The van der Waals surface area contributed by atoms with Gasteiger partial charge in [0, 0.05) is 14.8 Å². The van der Waals surface area contributed by atoms with Gasteiger partial charge in [-0.3, -0.25) is 14.4 Å². The first-order valence-corrected chi connectivity index (χ1v) is 11.4. The minimum atomic E-state index is -0.619. The van der Waals surface area contributed by atoms with Crippen LogP contribution in [0.25, 0.3) is 0 Å². The van der Waals surface area contributed by atoms with E-state index in [0.29, 0.717) is 22.7 Å². The van der Waals surface area contributed by atoms with E-state index in [1.165, 1.54) is 19.1 Å². The summed E-state index contributed by atoms with van der Waals surface area (Å²) in [5, 5.41) is 2.64. The second-order valence-electron chi connectivity index (χ2n) is 7.28. The monoisotopic (exact) mass is 586 g/mol. The maximum atomic E-state index is 12.9. The first kappa shape index (κ1) is 23.7. The quantitative estimate of drug-likeness (QED) is 0.141. The predicted octanol–water partition coefficient (Wildman–Crippen LogP) is 5.15. The van der Waals surface area contributed by atoms with Crippen LogP contribution in [0.4, 0.5) is 11.4 Å². The van der Waals surface area contributed by atoms with Gasteiger partial charge in [0.25, 0.3) is 11.8 Å². The Balaban J connectivity index is 1.45. The van der Waals surface area contributed by atoms with Crippen molar-refractivity contribution in [2.75, 3.05) is 10.2 Å². The number of carbonyl (C=O) groups is 4. The van der Waals surface area contributed by atoms with Gasteiger partial charge in [-0.05, 0) is 102 Å². The minimum Gasteiger partial charge on any atom is -0.423 e. The SMILES string of the molecule is CC(=O)c1ccc(OC(=O)c2ccc(NC3=C(Cl)C(=O)N(c4ccc(I)cc4)C3=O)cc2)cc1. The molecule has 0 saturated heterocycles. The van der Waals surface area contributed by atoms with Crippen LogP contribution in [-0.4, -0.2) is 23.6 Å². The Morgan fingerprint density at radius 3 is 2.03 bits per heavy atom. The van der Waals surface area contributed by atoms with Crippen molar-refractivity contribution >= 4 is 69.1 Å². The zero-order valence-electron chi connectivity index (χ0n) is 17.7. The van der Waals surface area contributed by atoms with Crippen LogP contribution in [0.5, 0.6) is 5.75 Å². The molecule has 0 atom stereocenters. The third-order valence-corrected chi connectivity index (χ3v) is 6.04. The molecule has 0 spiro atoms. The smallest absolute Gasteiger partial charge is 0.343 e. The summed E-state index contributed by atoms with van der Waals surface area (Å²) in [6.45, 7) is 1.45. The number of nitrogens with one attached hydrogen (secondary N) is 1. The van der Waals surface area contributed by atoms with Crippen LogP contribution in [0.15, 0.2) is 83.5 Å². The summed E-state index contributed by atoms with van der Waals surface area (Å²) < 4.78 is 6.28. The molecule has 0 fully saturated rings. The summed E-state index contributed by atoms with van der Waals surface area (Å²) >= 11 is 8.29. The number of esters is 1. The zero-order chi connectivity index (χ0) is 24.4. The van der Waals surface area contributed by atoms with Crippen LogP contribution in [0.1, 0.15) is 27.6 Å². The molecule has 0 aliphatic carbocycles. The van der Waals surface area contributed by atoms with Gasteiger partial charge in [0.05, 0.1) is 11.3 Å². The highest BCUT2D eigenvalue weighted by Gasteiger charge is 2.38. The number of hydrogen-bond donors (Lipinski definition) is 1. The van der Waals surface area contributed by atoms with Gasteiger partial charge in [-0.1, -0.05) is 11.6 Å². The van der Waals surface area contributed by atoms with Crippen LogP contribution in [0, 0.1) is 3.57 Å². The van der Waals surface area contributed by atoms with Crippen molar-refractivity contribution in [1.82, 2.24) is 0 Å². The number of anilines is 2. The van der Waals surface area contributed by atoms with Gasteiger partial charge in [0.2, 0.25) is 0 Å². The van der Waals surface area contributed by atoms with Crippen molar-refractivity contribution in [2.45, 2.75) is 6.92 Å². The molecule has 1 heterocycles. The zero-order valence-corrected chi connectivity index (χ0v) is 20.6. The molecule has 0 radical (unpaired) electrons. The molecule has 1 aliphatic rings. The lowest BCUT2D eigenvalue weighted by molar-refractivity contribution is -0.120. The third kappa shape index (κ3) is 4.87. The van der Waals surface area contributed by atoms with Crippen molar-refractivity contribution in [3.63, 3.8) is 0 Å². The van der Waals surface area contributed by atoms with E-state index in [-0.39, 0.29) is 22.1 Å². The standard InChI is InChI=1S/C25H16ClIN2O5/c1-14(30)15-4-12-20(13-5-15)34-25(33)16-2-8-18(9-3-16)28-22-21(26)23(31)29(24(22)32)19-10-6-17(27)7-11-19/h2-13,28H,1H3. The molecule has 34 heavy (non-hydrogen) atoms. The highest BCUT2D eigenvalue weighted by atomic mass is 127. The molecule has 7 nitrogen and oxygen atoms in total. The number of halogens is 2. The van der Waals surface area contributed by atoms with Crippen LogP contribution in [0.3, 0.4) is 0 Å². The van der Waals surface area contributed by atoms with E-state index in [9.17, 15) is 19.2 Å². The van der Waals surface area contributed by atoms with Crippen LogP contribution in [-0.2, 0) is 9.59 Å². The van der Waals surface area contributed by atoms with Crippen molar-refractivity contribution in [1.29, 1.82) is 0 Å². The Bertz CT molecular complexity index is 1330. The third-order valence-electron chi connectivity index (χ3n) is 4.97. The molecule has 0 unspecified atom stereocenters. The Kier molecular flexibility index (Phi) is 6.80. The Morgan fingerprint density at radius 1 is 0.853 bits per heavy atom. The van der Waals surface area contributed by atoms with Crippen molar-refractivity contribution in [3.8, 4) is 5.75 Å². The molecular formula is C25H16ClIN2O5. The molecule has 0 aromatic heterocycles. The number of carbonyl (C=O) groups excluding carboxylic acids is 4. The summed E-state index contributed by atoms with van der Waals surface area (Å²) in [6, 6.07) is 19.3. The molecule has 9 heteroatoms. The number of hydrogen-bond acceptors (Lipinski definition) is 6. The lowest BCUT2D eigenvalue weighted by atomic mass is 10.1. The van der Waals surface area contributed by atoms with E-state index in [2.05, 4.69) is 27.9 Å². The predicted molar refractivity (Wildman–Crippen MR) is 136 cm³/mol. The number of benzene rings is 3. The van der Waals surface area contributed by atoms with Crippen molar-refractivity contribution in [2.24, 2.45) is 0 Å². The van der Waals surface area contributed by atoms with Gasteiger partial charge in [-0.2, -0.15) is 0 Å². The maximum absolute atomic E-state index is 12.9. The molecule has 170 valence electrons. The Labute approximate surface area is 213 Å². The van der Waals surface area contributed by atoms with Gasteiger partial charge in [-0.25, -0.2) is 9.69 Å². The summed E-state index contributed by atoms with van der Waals surface area (Å²) in [7, 11) is 0. The number of rotatable bonds is 6. The number of ether oxygens (including phenoxy) is 1. The lowest BCUT2D eigenvalue weighted by Gasteiger charge is -2.15.